The van der Waals surface area contributed by atoms with Gasteiger partial charge in [-0.05, 0) is 30.3 Å². The van der Waals surface area contributed by atoms with E-state index in [-0.39, 0.29) is 11.7 Å². The Morgan fingerprint density at radius 3 is 2.79 bits per heavy atom. The summed E-state index contributed by atoms with van der Waals surface area (Å²) in [5.41, 5.74) is 2.56. The number of nitrogens with one attached hydrogen (secondary N) is 1. The summed E-state index contributed by atoms with van der Waals surface area (Å²) in [5, 5.41) is 11.5. The van der Waals surface area contributed by atoms with Gasteiger partial charge in [0.2, 0.25) is 11.8 Å². The van der Waals surface area contributed by atoms with Crippen molar-refractivity contribution in [3.8, 4) is 29.5 Å². The van der Waals surface area contributed by atoms with Gasteiger partial charge in [0.05, 0.1) is 30.8 Å². The van der Waals surface area contributed by atoms with Gasteiger partial charge < -0.3 is 19.4 Å². The molecule has 0 radical (unpaired) electrons. The van der Waals surface area contributed by atoms with Crippen molar-refractivity contribution in [1.29, 1.82) is 0 Å². The molecule has 0 spiro atoms. The first-order chi connectivity index (χ1) is 16.2. The molecule has 1 aromatic heterocycles. The summed E-state index contributed by atoms with van der Waals surface area (Å²) in [6.07, 6.45) is 5.42. The second-order valence-corrected chi connectivity index (χ2v) is 8.35. The van der Waals surface area contributed by atoms with Gasteiger partial charge >= 0.3 is 0 Å². The monoisotopic (exact) mass is 463 g/mol. The molecule has 170 valence electrons. The van der Waals surface area contributed by atoms with Crippen molar-refractivity contribution in [3.05, 3.63) is 48.5 Å². The number of methoxy groups -OCH3 is 1. The number of para-hydroxylation sites is 2. The summed E-state index contributed by atoms with van der Waals surface area (Å²) in [4.78, 5) is 17.2. The number of amides is 1. The highest BCUT2D eigenvalue weighted by Crippen LogP contribution is 2.28. The zero-order valence-corrected chi connectivity index (χ0v) is 19.2. The highest BCUT2D eigenvalue weighted by atomic mass is 32.2. The van der Waals surface area contributed by atoms with Gasteiger partial charge in [0, 0.05) is 31.7 Å². The molecule has 1 aliphatic rings. The number of thioether (sulfide) groups is 1. The summed E-state index contributed by atoms with van der Waals surface area (Å²) in [7, 11) is 1.60. The molecule has 9 heteroatoms. The molecule has 1 saturated heterocycles. The number of carbonyl (C=O) groups excluding carboxylic acids is 1. The fourth-order valence-electron chi connectivity index (χ4n) is 3.59. The van der Waals surface area contributed by atoms with Crippen LogP contribution < -0.4 is 15.0 Å². The van der Waals surface area contributed by atoms with Gasteiger partial charge in [-0.25, -0.2) is 0 Å². The molecule has 2 heterocycles. The number of rotatable bonds is 8. The third kappa shape index (κ3) is 5.86. The zero-order valence-electron chi connectivity index (χ0n) is 18.4. The van der Waals surface area contributed by atoms with Crippen molar-refractivity contribution in [2.24, 2.45) is 0 Å². The average molecular weight is 464 g/mol. The molecular weight excluding hydrogens is 438 g/mol. The lowest BCUT2D eigenvalue weighted by molar-refractivity contribution is -0.113. The number of carbonyl (C=O) groups is 1. The smallest absolute Gasteiger partial charge is 0.277 e. The molecule has 0 saturated carbocycles. The van der Waals surface area contributed by atoms with Crippen molar-refractivity contribution in [3.63, 3.8) is 0 Å². The molecule has 1 amide bonds. The summed E-state index contributed by atoms with van der Waals surface area (Å²) < 4.78 is 10.9. The standard InChI is InChI=1S/C24H25N5O3S/c1-3-11-28-12-14-29(15-13-28)21-10-5-4-9-20(21)25-22(30)17-33-24-27-26-23(32-24)18-7-6-8-19(16-18)31-2/h1,4-10,16H,11-15,17H2,2H3,(H,25,30). The Hall–Kier alpha value is -3.48. The van der Waals surface area contributed by atoms with Crippen molar-refractivity contribution >= 4 is 29.0 Å². The van der Waals surface area contributed by atoms with Gasteiger partial charge in [0.1, 0.15) is 5.75 Å². The molecule has 33 heavy (non-hydrogen) atoms. The molecular formula is C24H25N5O3S. The molecule has 0 bridgehead atoms. The number of hydrogen-bond donors (Lipinski definition) is 1. The van der Waals surface area contributed by atoms with Gasteiger partial charge in [-0.15, -0.1) is 16.6 Å². The maximum absolute atomic E-state index is 12.6. The fraction of sp³-hybridized carbons (Fsp3) is 0.292. The van der Waals surface area contributed by atoms with Crippen LogP contribution in [0.1, 0.15) is 0 Å². The van der Waals surface area contributed by atoms with E-state index in [2.05, 4.69) is 31.2 Å². The van der Waals surface area contributed by atoms with Gasteiger partial charge in [0.25, 0.3) is 5.22 Å². The number of anilines is 2. The molecule has 1 aliphatic heterocycles. The molecule has 2 aromatic carbocycles. The van der Waals surface area contributed by atoms with Crippen LogP contribution in [0.3, 0.4) is 0 Å². The molecule has 0 aliphatic carbocycles. The van der Waals surface area contributed by atoms with E-state index < -0.39 is 0 Å². The Labute approximate surface area is 197 Å². The normalized spacial score (nSPS) is 14.0. The van der Waals surface area contributed by atoms with Crippen molar-refractivity contribution in [2.75, 3.05) is 55.8 Å². The molecule has 0 unspecified atom stereocenters. The third-order valence-corrected chi connectivity index (χ3v) is 6.07. The van der Waals surface area contributed by atoms with Gasteiger partial charge in [0.15, 0.2) is 0 Å². The van der Waals surface area contributed by atoms with Crippen LogP contribution in [0, 0.1) is 12.3 Å². The summed E-state index contributed by atoms with van der Waals surface area (Å²) >= 11 is 1.20. The lowest BCUT2D eigenvalue weighted by Crippen LogP contribution is -2.46. The quantitative estimate of drug-likeness (QED) is 0.403. The van der Waals surface area contributed by atoms with Crippen LogP contribution in [-0.2, 0) is 4.79 Å². The van der Waals surface area contributed by atoms with Crippen LogP contribution in [-0.4, -0.2) is 66.6 Å². The van der Waals surface area contributed by atoms with Crippen LogP contribution in [0.5, 0.6) is 5.75 Å². The Morgan fingerprint density at radius 2 is 2.00 bits per heavy atom. The molecule has 1 fully saturated rings. The van der Waals surface area contributed by atoms with Crippen molar-refractivity contribution in [1.82, 2.24) is 15.1 Å². The number of benzene rings is 2. The van der Waals surface area contributed by atoms with E-state index >= 15 is 0 Å². The summed E-state index contributed by atoms with van der Waals surface area (Å²) in [6, 6.07) is 15.2. The molecule has 0 atom stereocenters. The van der Waals surface area contributed by atoms with Crippen LogP contribution in [0.4, 0.5) is 11.4 Å². The number of piperazine rings is 1. The number of ether oxygens (including phenoxy) is 1. The van der Waals surface area contributed by atoms with E-state index in [0.717, 1.165) is 43.1 Å². The predicted octanol–water partition coefficient (Wildman–Crippen LogP) is 3.23. The minimum atomic E-state index is -0.139. The Morgan fingerprint density at radius 1 is 1.18 bits per heavy atom. The SMILES string of the molecule is C#CCN1CCN(c2ccccc2NC(=O)CSc2nnc(-c3cccc(OC)c3)o2)CC1. The van der Waals surface area contributed by atoms with E-state index in [1.54, 1.807) is 7.11 Å². The Bertz CT molecular complexity index is 1130. The number of hydrogen-bond acceptors (Lipinski definition) is 8. The van der Waals surface area contributed by atoms with Crippen molar-refractivity contribution < 1.29 is 13.9 Å². The number of nitrogens with zero attached hydrogens (tertiary/aromatic N) is 4. The minimum Gasteiger partial charge on any atom is -0.497 e. The van der Waals surface area contributed by atoms with E-state index in [9.17, 15) is 4.79 Å². The predicted molar refractivity (Wildman–Crippen MR) is 130 cm³/mol. The van der Waals surface area contributed by atoms with E-state index in [0.29, 0.717) is 23.4 Å². The van der Waals surface area contributed by atoms with E-state index in [4.69, 9.17) is 15.6 Å². The topological polar surface area (TPSA) is 83.7 Å². The van der Waals surface area contributed by atoms with Crippen LogP contribution in [0.2, 0.25) is 0 Å². The summed E-state index contributed by atoms with van der Waals surface area (Å²) in [6.45, 7) is 4.18. The largest absolute Gasteiger partial charge is 0.497 e. The maximum atomic E-state index is 12.6. The lowest BCUT2D eigenvalue weighted by Gasteiger charge is -2.36. The van der Waals surface area contributed by atoms with E-state index in [1.165, 1.54) is 11.8 Å². The zero-order chi connectivity index (χ0) is 23.0. The molecule has 3 aromatic rings. The fourth-order valence-corrected chi connectivity index (χ4v) is 4.15. The third-order valence-electron chi connectivity index (χ3n) is 5.26. The van der Waals surface area contributed by atoms with Gasteiger partial charge in [-0.3, -0.25) is 9.69 Å². The number of aromatic nitrogens is 2. The maximum Gasteiger partial charge on any atom is 0.277 e. The first kappa shape index (κ1) is 22.7. The molecule has 4 rings (SSSR count). The summed E-state index contributed by atoms with van der Waals surface area (Å²) in [5.74, 6) is 3.80. The first-order valence-corrected chi connectivity index (χ1v) is 11.5. The second-order valence-electron chi connectivity index (χ2n) is 7.43. The number of terminal acetylenes is 1. The molecule has 8 nitrogen and oxygen atoms in total. The highest BCUT2D eigenvalue weighted by molar-refractivity contribution is 7.99. The van der Waals surface area contributed by atoms with Crippen molar-refractivity contribution in [2.45, 2.75) is 5.22 Å². The average Bonchev–Trinajstić information content (AvgIpc) is 3.33. The Balaban J connectivity index is 1.34. The van der Waals surface area contributed by atoms with Gasteiger partial charge in [-0.2, -0.15) is 0 Å². The minimum absolute atomic E-state index is 0.139. The van der Waals surface area contributed by atoms with Crippen LogP contribution >= 0.6 is 11.8 Å². The second kappa shape index (κ2) is 10.9. The molecule has 1 N–H and O–H groups in total. The Kier molecular flexibility index (Phi) is 7.50. The van der Waals surface area contributed by atoms with Crippen LogP contribution in [0.25, 0.3) is 11.5 Å². The van der Waals surface area contributed by atoms with Crippen LogP contribution in [0.15, 0.2) is 58.2 Å². The highest BCUT2D eigenvalue weighted by Gasteiger charge is 2.19. The lowest BCUT2D eigenvalue weighted by atomic mass is 10.2. The first-order valence-electron chi connectivity index (χ1n) is 10.6. The van der Waals surface area contributed by atoms with Gasteiger partial charge in [-0.1, -0.05) is 35.9 Å². The van der Waals surface area contributed by atoms with E-state index in [1.807, 2.05) is 48.5 Å².